The number of aryl methyl sites for hydroxylation is 4. The molecule has 0 radical (unpaired) electrons. The lowest BCUT2D eigenvalue weighted by Gasteiger charge is -2.04. The van der Waals surface area contributed by atoms with Crippen molar-refractivity contribution in [3.05, 3.63) is 47.5 Å². The van der Waals surface area contributed by atoms with Crippen molar-refractivity contribution in [1.82, 2.24) is 0 Å². The van der Waals surface area contributed by atoms with Crippen LogP contribution in [0.1, 0.15) is 22.3 Å². The van der Waals surface area contributed by atoms with Crippen LogP contribution in [0, 0.1) is 44.2 Å². The second-order valence-corrected chi connectivity index (χ2v) is 3.02. The maximum Gasteiger partial charge on any atom is -0.0187 e. The molecule has 1 aromatic carbocycles. The zero-order chi connectivity index (χ0) is 13.7. The highest BCUT2D eigenvalue weighted by Gasteiger charge is 1.95. The molecule has 0 aliphatic carbocycles. The van der Waals surface area contributed by atoms with E-state index in [4.69, 9.17) is 16.5 Å². The summed E-state index contributed by atoms with van der Waals surface area (Å²) in [5.41, 5.74) is 15.6. The maximum absolute atomic E-state index is 5.50. The highest BCUT2D eigenvalue weighted by molar-refractivity contribution is 5.35. The lowest BCUT2D eigenvalue weighted by Crippen LogP contribution is -1.86. The van der Waals surface area contributed by atoms with Gasteiger partial charge in [0.15, 0.2) is 0 Å². The first kappa shape index (κ1) is 19.7. The minimum atomic E-state index is 1.39. The van der Waals surface area contributed by atoms with Crippen molar-refractivity contribution in [3.8, 4) is 0 Å². The second kappa shape index (κ2) is 13.2. The molecule has 0 saturated heterocycles. The Bertz CT molecular complexity index is 240. The van der Waals surface area contributed by atoms with Crippen molar-refractivity contribution >= 4 is 6.72 Å². The van der Waals surface area contributed by atoms with Gasteiger partial charge in [-0.3, -0.25) is 0 Å². The van der Waals surface area contributed by atoms with Crippen LogP contribution < -0.4 is 0 Å². The molecule has 0 bridgehead atoms. The highest BCUT2D eigenvalue weighted by atomic mass is 14.7. The number of rotatable bonds is 0. The minimum Gasteiger partial charge on any atom is -0.317 e. The Kier molecular flexibility index (Phi) is 16.3. The van der Waals surface area contributed by atoms with Gasteiger partial charge in [-0.2, -0.15) is 0 Å². The van der Waals surface area contributed by atoms with Gasteiger partial charge in [0, 0.05) is 0 Å². The highest BCUT2D eigenvalue weighted by Crippen LogP contribution is 2.13. The third kappa shape index (κ3) is 7.62. The van der Waals surface area contributed by atoms with Gasteiger partial charge in [-0.05, 0) is 56.7 Å². The Hall–Kier alpha value is -1.77. The van der Waals surface area contributed by atoms with Crippen molar-refractivity contribution in [3.63, 3.8) is 0 Å². The monoisotopic (exact) mass is 221 g/mol. The van der Waals surface area contributed by atoms with E-state index in [1.807, 2.05) is 0 Å². The molecular weight excluding hydrogens is 198 g/mol. The topological polar surface area (TPSA) is 71.6 Å². The Labute approximate surface area is 99.0 Å². The van der Waals surface area contributed by atoms with Crippen molar-refractivity contribution < 1.29 is 0 Å². The fourth-order valence-corrected chi connectivity index (χ4v) is 1.10. The van der Waals surface area contributed by atoms with Crippen LogP contribution in [0.3, 0.4) is 0 Å². The average Bonchev–Trinajstić information content (AvgIpc) is 2.34. The lowest BCUT2D eigenvalue weighted by molar-refractivity contribution is 1.05. The molecule has 0 aliphatic heterocycles. The van der Waals surface area contributed by atoms with Crippen molar-refractivity contribution in [1.29, 1.82) is 16.5 Å². The minimum absolute atomic E-state index is 1.39. The molecule has 0 fully saturated rings. The van der Waals surface area contributed by atoms with E-state index in [9.17, 15) is 0 Å². The largest absolute Gasteiger partial charge is 0.317 e. The van der Waals surface area contributed by atoms with Gasteiger partial charge in [0.2, 0.25) is 0 Å². The van der Waals surface area contributed by atoms with Crippen molar-refractivity contribution in [2.75, 3.05) is 0 Å². The number of hydrogen-bond acceptors (Lipinski definition) is 3. The third-order valence-electron chi connectivity index (χ3n) is 2.11. The smallest absolute Gasteiger partial charge is 0.0187 e. The summed E-state index contributed by atoms with van der Waals surface area (Å²) in [4.78, 5) is 0. The number of benzene rings is 1. The summed E-state index contributed by atoms with van der Waals surface area (Å²) in [5.74, 6) is 0. The van der Waals surface area contributed by atoms with Crippen LogP contribution in [0.5, 0.6) is 0 Å². The Morgan fingerprint density at radius 2 is 0.812 bits per heavy atom. The third-order valence-corrected chi connectivity index (χ3v) is 2.11. The molecular formula is C13H23N3. The Morgan fingerprint density at radius 3 is 0.938 bits per heavy atom. The van der Waals surface area contributed by atoms with Gasteiger partial charge >= 0.3 is 0 Å². The lowest BCUT2D eigenvalue weighted by atomic mass is 10.0. The molecule has 0 amide bonds. The molecule has 16 heavy (non-hydrogen) atoms. The first-order valence-corrected chi connectivity index (χ1v) is 4.76. The molecule has 1 aromatic rings. The fraction of sp³-hybridized carbons (Fsp3) is 0.308. The normalized spacial score (nSPS) is 7.00. The van der Waals surface area contributed by atoms with Crippen molar-refractivity contribution in [2.24, 2.45) is 0 Å². The molecule has 1 rings (SSSR count). The van der Waals surface area contributed by atoms with Crippen LogP contribution in [-0.2, 0) is 0 Å². The zero-order valence-corrected chi connectivity index (χ0v) is 10.8. The molecule has 0 spiro atoms. The summed E-state index contributed by atoms with van der Waals surface area (Å²) in [6.07, 6.45) is 0. The van der Waals surface area contributed by atoms with Crippen LogP contribution in [0.15, 0.2) is 25.3 Å². The fourth-order valence-electron chi connectivity index (χ4n) is 1.10. The molecule has 0 aromatic heterocycles. The average molecular weight is 221 g/mol. The van der Waals surface area contributed by atoms with Gasteiger partial charge in [-0.15, -0.1) is 13.2 Å². The van der Waals surface area contributed by atoms with Gasteiger partial charge in [0.1, 0.15) is 0 Å². The van der Waals surface area contributed by atoms with Crippen LogP contribution in [-0.4, -0.2) is 6.72 Å². The Morgan fingerprint density at radius 1 is 0.688 bits per heavy atom. The van der Waals surface area contributed by atoms with E-state index in [2.05, 4.69) is 59.7 Å². The number of nitrogens with one attached hydrogen (secondary N) is 3. The van der Waals surface area contributed by atoms with Gasteiger partial charge < -0.3 is 5.41 Å². The predicted molar refractivity (Wildman–Crippen MR) is 71.9 cm³/mol. The van der Waals surface area contributed by atoms with E-state index in [-0.39, 0.29) is 0 Å². The molecule has 3 heteroatoms. The Balaban J connectivity index is -0.000000245. The first-order valence-electron chi connectivity index (χ1n) is 4.76. The summed E-state index contributed by atoms with van der Waals surface area (Å²) < 4.78 is 0. The molecule has 0 saturated carbocycles. The van der Waals surface area contributed by atoms with E-state index < -0.39 is 0 Å². The van der Waals surface area contributed by atoms with Crippen molar-refractivity contribution in [2.45, 2.75) is 27.7 Å². The van der Waals surface area contributed by atoms with Crippen LogP contribution in [0.2, 0.25) is 0 Å². The predicted octanol–water partition coefficient (Wildman–Crippen LogP) is 4.58. The van der Waals surface area contributed by atoms with E-state index in [1.165, 1.54) is 22.3 Å². The SMILES string of the molecule is C=C.C=N.Cc1cc(C)c(C)cc1C.N=N. The van der Waals surface area contributed by atoms with Gasteiger partial charge in [0.25, 0.3) is 0 Å². The summed E-state index contributed by atoms with van der Waals surface area (Å²) in [6.45, 7) is 17.1. The summed E-state index contributed by atoms with van der Waals surface area (Å²) >= 11 is 0. The van der Waals surface area contributed by atoms with Crippen LogP contribution in [0.4, 0.5) is 0 Å². The van der Waals surface area contributed by atoms with Gasteiger partial charge in [-0.25, -0.2) is 11.1 Å². The first-order chi connectivity index (χ1) is 7.61. The molecule has 0 aliphatic rings. The summed E-state index contributed by atoms with van der Waals surface area (Å²) in [7, 11) is 0. The summed E-state index contributed by atoms with van der Waals surface area (Å²) in [5, 5.41) is 5.50. The van der Waals surface area contributed by atoms with Crippen LogP contribution >= 0.6 is 0 Å². The van der Waals surface area contributed by atoms with Gasteiger partial charge in [-0.1, -0.05) is 12.1 Å². The maximum atomic E-state index is 5.50. The summed E-state index contributed by atoms with van der Waals surface area (Å²) in [6, 6.07) is 4.48. The molecule has 0 heterocycles. The zero-order valence-electron chi connectivity index (χ0n) is 10.8. The molecule has 0 unspecified atom stereocenters. The standard InChI is InChI=1S/C10H14.C2H4.CH3N.H2N2/c1-7-5-9(3)10(4)6-8(7)2;3*1-2/h5-6H,1-4H3;1-2H2;2H,1H2;1-2H. The second-order valence-electron chi connectivity index (χ2n) is 3.02. The van der Waals surface area contributed by atoms with Gasteiger partial charge in [0.05, 0.1) is 0 Å². The molecule has 3 N–H and O–H groups in total. The molecule has 0 atom stereocenters. The molecule has 3 nitrogen and oxygen atoms in total. The number of hydrogen-bond donors (Lipinski definition) is 3. The quantitative estimate of drug-likeness (QED) is 0.326. The molecule has 90 valence electrons. The van der Waals surface area contributed by atoms with E-state index >= 15 is 0 Å². The van der Waals surface area contributed by atoms with E-state index in [0.717, 1.165) is 0 Å². The van der Waals surface area contributed by atoms with E-state index in [0.29, 0.717) is 0 Å². The van der Waals surface area contributed by atoms with Crippen LogP contribution in [0.25, 0.3) is 0 Å². The van der Waals surface area contributed by atoms with E-state index in [1.54, 1.807) is 0 Å².